The fraction of sp³-hybridized carbons (Fsp3) is 0.231. The molecule has 2 rings (SSSR count). The molecule has 0 fully saturated rings. The van der Waals surface area contributed by atoms with E-state index in [0.717, 1.165) is 17.0 Å². The van der Waals surface area contributed by atoms with Gasteiger partial charge in [-0.1, -0.05) is 17.7 Å². The molecule has 1 aromatic carbocycles. The number of benzene rings is 1. The Balaban J connectivity index is 2.25. The zero-order chi connectivity index (χ0) is 12.3. The Morgan fingerprint density at radius 1 is 1.24 bits per heavy atom. The molecule has 1 aromatic heterocycles. The number of hydrogen-bond acceptors (Lipinski definition) is 4. The number of ether oxygens (including phenoxy) is 1. The van der Waals surface area contributed by atoms with Gasteiger partial charge in [-0.25, -0.2) is 4.98 Å². The molecule has 0 spiro atoms. The van der Waals surface area contributed by atoms with Crippen molar-refractivity contribution in [3.63, 3.8) is 0 Å². The van der Waals surface area contributed by atoms with Gasteiger partial charge in [0.2, 0.25) is 0 Å². The molecule has 0 amide bonds. The molecule has 0 aliphatic rings. The average Bonchev–Trinajstić information content (AvgIpc) is 2.33. The van der Waals surface area contributed by atoms with Crippen LogP contribution in [-0.2, 0) is 6.54 Å². The lowest BCUT2D eigenvalue weighted by molar-refractivity contribution is 0.436. The van der Waals surface area contributed by atoms with Gasteiger partial charge in [0.05, 0.1) is 5.69 Å². The highest BCUT2D eigenvalue weighted by atomic mass is 16.5. The first-order valence-corrected chi connectivity index (χ1v) is 5.46. The fourth-order valence-electron chi connectivity index (χ4n) is 1.55. The quantitative estimate of drug-likeness (QED) is 0.877. The molecule has 0 atom stereocenters. The lowest BCUT2D eigenvalue weighted by Crippen LogP contribution is -2.02. The number of nitrogens with two attached hydrogens (primary N) is 1. The number of aryl methyl sites for hydroxylation is 2. The van der Waals surface area contributed by atoms with E-state index < -0.39 is 0 Å². The summed E-state index contributed by atoms with van der Waals surface area (Å²) < 4.78 is 5.63. The normalized spacial score (nSPS) is 10.3. The molecule has 2 N–H and O–H groups in total. The van der Waals surface area contributed by atoms with E-state index in [2.05, 4.69) is 16.0 Å². The summed E-state index contributed by atoms with van der Waals surface area (Å²) >= 11 is 0. The molecule has 0 bridgehead atoms. The van der Waals surface area contributed by atoms with E-state index in [9.17, 15) is 0 Å². The van der Waals surface area contributed by atoms with E-state index in [1.807, 2.05) is 26.0 Å². The van der Waals surface area contributed by atoms with Crippen molar-refractivity contribution in [2.75, 3.05) is 0 Å². The van der Waals surface area contributed by atoms with Gasteiger partial charge >= 0.3 is 6.01 Å². The second-order valence-electron chi connectivity index (χ2n) is 3.91. The summed E-state index contributed by atoms with van der Waals surface area (Å²) in [6.07, 6.45) is 1.65. The monoisotopic (exact) mass is 229 g/mol. The molecule has 1 heterocycles. The highest BCUT2D eigenvalue weighted by Crippen LogP contribution is 2.23. The highest BCUT2D eigenvalue weighted by molar-refractivity contribution is 5.37. The third-order valence-electron chi connectivity index (χ3n) is 2.43. The Labute approximate surface area is 100 Å². The highest BCUT2D eigenvalue weighted by Gasteiger charge is 2.04. The Bertz CT molecular complexity index is 526. The Kier molecular flexibility index (Phi) is 3.35. The molecule has 0 saturated carbocycles. The maximum Gasteiger partial charge on any atom is 0.322 e. The number of hydrogen-bond donors (Lipinski definition) is 1. The third-order valence-corrected chi connectivity index (χ3v) is 2.43. The number of rotatable bonds is 3. The van der Waals surface area contributed by atoms with Gasteiger partial charge in [-0.2, -0.15) is 4.98 Å². The van der Waals surface area contributed by atoms with Gasteiger partial charge in [-0.05, 0) is 31.5 Å². The Hall–Kier alpha value is -1.94. The summed E-state index contributed by atoms with van der Waals surface area (Å²) in [7, 11) is 0. The lowest BCUT2D eigenvalue weighted by Gasteiger charge is -2.08. The lowest BCUT2D eigenvalue weighted by atomic mass is 10.1. The standard InChI is InChI=1S/C13H15N3O/c1-9-3-4-12(10(2)7-9)17-13-15-6-5-11(8-14)16-13/h3-7H,8,14H2,1-2H3. The largest absolute Gasteiger partial charge is 0.424 e. The first-order valence-electron chi connectivity index (χ1n) is 5.46. The van der Waals surface area contributed by atoms with Crippen LogP contribution in [0.3, 0.4) is 0 Å². The van der Waals surface area contributed by atoms with Crippen molar-refractivity contribution >= 4 is 0 Å². The maximum absolute atomic E-state index is 5.63. The minimum absolute atomic E-state index is 0.333. The Morgan fingerprint density at radius 2 is 2.06 bits per heavy atom. The third kappa shape index (κ3) is 2.79. The van der Waals surface area contributed by atoms with Gasteiger partial charge in [0.15, 0.2) is 0 Å². The minimum atomic E-state index is 0.333. The SMILES string of the molecule is Cc1ccc(Oc2nccc(CN)n2)c(C)c1. The van der Waals surface area contributed by atoms with Gasteiger partial charge in [-0.3, -0.25) is 0 Å². The van der Waals surface area contributed by atoms with Gasteiger partial charge in [0.1, 0.15) is 5.75 Å². The smallest absolute Gasteiger partial charge is 0.322 e. The van der Waals surface area contributed by atoms with E-state index in [0.29, 0.717) is 12.6 Å². The summed E-state index contributed by atoms with van der Waals surface area (Å²) in [6.45, 7) is 4.42. The molecule has 0 aliphatic carbocycles. The van der Waals surface area contributed by atoms with Gasteiger partial charge < -0.3 is 10.5 Å². The number of nitrogens with zero attached hydrogens (tertiary/aromatic N) is 2. The molecule has 0 saturated heterocycles. The zero-order valence-corrected chi connectivity index (χ0v) is 9.97. The fourth-order valence-corrected chi connectivity index (χ4v) is 1.55. The first kappa shape index (κ1) is 11.5. The predicted molar refractivity (Wildman–Crippen MR) is 65.9 cm³/mol. The molecule has 88 valence electrons. The van der Waals surface area contributed by atoms with E-state index in [1.165, 1.54) is 5.56 Å². The summed E-state index contributed by atoms with van der Waals surface area (Å²) in [5.74, 6) is 0.768. The van der Waals surface area contributed by atoms with Crippen molar-refractivity contribution in [2.45, 2.75) is 20.4 Å². The molecule has 17 heavy (non-hydrogen) atoms. The van der Waals surface area contributed by atoms with Crippen molar-refractivity contribution in [2.24, 2.45) is 5.73 Å². The van der Waals surface area contributed by atoms with Crippen LogP contribution in [0.1, 0.15) is 16.8 Å². The first-order chi connectivity index (χ1) is 8.19. The van der Waals surface area contributed by atoms with Crippen LogP contribution >= 0.6 is 0 Å². The summed E-state index contributed by atoms with van der Waals surface area (Å²) in [6, 6.07) is 8.08. The summed E-state index contributed by atoms with van der Waals surface area (Å²) in [5, 5.41) is 0. The van der Waals surface area contributed by atoms with Crippen LogP contribution in [0.25, 0.3) is 0 Å². The molecular formula is C13H15N3O. The molecule has 4 heteroatoms. The summed E-state index contributed by atoms with van der Waals surface area (Å²) in [4.78, 5) is 8.25. The van der Waals surface area contributed by atoms with E-state index >= 15 is 0 Å². The topological polar surface area (TPSA) is 61.0 Å². The van der Waals surface area contributed by atoms with Gasteiger partial charge in [0.25, 0.3) is 0 Å². The average molecular weight is 229 g/mol. The van der Waals surface area contributed by atoms with Crippen molar-refractivity contribution in [1.29, 1.82) is 0 Å². The van der Waals surface area contributed by atoms with Gasteiger partial charge in [-0.15, -0.1) is 0 Å². The second-order valence-corrected chi connectivity index (χ2v) is 3.91. The van der Waals surface area contributed by atoms with Crippen LogP contribution in [0.15, 0.2) is 30.5 Å². The summed E-state index contributed by atoms with van der Waals surface area (Å²) in [5.41, 5.74) is 8.54. The molecule has 0 aliphatic heterocycles. The zero-order valence-electron chi connectivity index (χ0n) is 9.97. The van der Waals surface area contributed by atoms with Crippen LogP contribution in [0, 0.1) is 13.8 Å². The van der Waals surface area contributed by atoms with Crippen molar-refractivity contribution in [3.8, 4) is 11.8 Å². The molecular weight excluding hydrogens is 214 g/mol. The number of aromatic nitrogens is 2. The second kappa shape index (κ2) is 4.93. The van der Waals surface area contributed by atoms with Gasteiger partial charge in [0, 0.05) is 12.7 Å². The Morgan fingerprint density at radius 3 is 2.76 bits per heavy atom. The predicted octanol–water partition coefficient (Wildman–Crippen LogP) is 2.34. The van der Waals surface area contributed by atoms with Crippen LogP contribution in [0.5, 0.6) is 11.8 Å². The van der Waals surface area contributed by atoms with Crippen molar-refractivity contribution in [3.05, 3.63) is 47.3 Å². The molecule has 0 radical (unpaired) electrons. The maximum atomic E-state index is 5.63. The van der Waals surface area contributed by atoms with E-state index in [1.54, 1.807) is 12.3 Å². The van der Waals surface area contributed by atoms with Crippen LogP contribution in [0.4, 0.5) is 0 Å². The van der Waals surface area contributed by atoms with Crippen LogP contribution < -0.4 is 10.5 Å². The molecule has 2 aromatic rings. The molecule has 0 unspecified atom stereocenters. The minimum Gasteiger partial charge on any atom is -0.424 e. The van der Waals surface area contributed by atoms with E-state index in [-0.39, 0.29) is 0 Å². The van der Waals surface area contributed by atoms with Crippen molar-refractivity contribution < 1.29 is 4.74 Å². The van der Waals surface area contributed by atoms with Crippen molar-refractivity contribution in [1.82, 2.24) is 9.97 Å². The van der Waals surface area contributed by atoms with E-state index in [4.69, 9.17) is 10.5 Å². The molecule has 4 nitrogen and oxygen atoms in total. The van der Waals surface area contributed by atoms with Crippen LogP contribution in [0.2, 0.25) is 0 Å². The van der Waals surface area contributed by atoms with Crippen LogP contribution in [-0.4, -0.2) is 9.97 Å².